The summed E-state index contributed by atoms with van der Waals surface area (Å²) in [5.41, 5.74) is 0. The van der Waals surface area contributed by atoms with Crippen molar-refractivity contribution in [2.75, 3.05) is 13.2 Å². The van der Waals surface area contributed by atoms with Gasteiger partial charge in [-0.05, 0) is 51.4 Å². The third-order valence-electron chi connectivity index (χ3n) is 13.7. The molecule has 0 bridgehead atoms. The lowest BCUT2D eigenvalue weighted by atomic mass is 10.0. The van der Waals surface area contributed by atoms with Crippen molar-refractivity contribution in [1.82, 2.24) is 0 Å². The highest BCUT2D eigenvalue weighted by Gasteiger charge is 2.19. The van der Waals surface area contributed by atoms with E-state index >= 15 is 0 Å². The van der Waals surface area contributed by atoms with Crippen LogP contribution in [0.25, 0.3) is 0 Å². The molecule has 0 aliphatic heterocycles. The molecule has 0 radical (unpaired) electrons. The first kappa shape index (κ1) is 66.6. The first-order valence-corrected chi connectivity index (χ1v) is 30.5. The Balaban J connectivity index is 4.32. The zero-order valence-electron chi connectivity index (χ0n) is 46.3. The van der Waals surface area contributed by atoms with Crippen LogP contribution in [0.1, 0.15) is 329 Å². The van der Waals surface area contributed by atoms with Gasteiger partial charge in [-0.2, -0.15) is 0 Å². The van der Waals surface area contributed by atoms with E-state index in [1.807, 2.05) is 0 Å². The zero-order chi connectivity index (χ0) is 50.0. The summed E-state index contributed by atoms with van der Waals surface area (Å²) in [5, 5.41) is 0. The predicted molar refractivity (Wildman–Crippen MR) is 298 cm³/mol. The molecule has 0 amide bonds. The van der Waals surface area contributed by atoms with Crippen molar-refractivity contribution in [2.24, 2.45) is 0 Å². The van der Waals surface area contributed by atoms with E-state index in [0.29, 0.717) is 19.3 Å². The van der Waals surface area contributed by atoms with Crippen molar-refractivity contribution in [1.29, 1.82) is 0 Å². The molecule has 69 heavy (non-hydrogen) atoms. The van der Waals surface area contributed by atoms with Crippen LogP contribution in [0.2, 0.25) is 0 Å². The van der Waals surface area contributed by atoms with Gasteiger partial charge in [-0.25, -0.2) is 0 Å². The van der Waals surface area contributed by atoms with Crippen LogP contribution in [0, 0.1) is 0 Å². The molecular weight excluding hydrogens is 853 g/mol. The second kappa shape index (κ2) is 58.2. The minimum Gasteiger partial charge on any atom is -0.462 e. The standard InChI is InChI=1S/C63H116O6/c1-4-7-10-13-16-19-22-25-28-30-31-33-35-38-41-44-47-50-53-56-62(65)68-59-60(58-67-61(64)55-52-49-46-43-40-37-34-27-24-21-18-15-12-9-6-3)69-63(66)57-54-51-48-45-42-39-36-32-29-26-23-20-17-14-11-8-5-2/h9,12,18,21,27,34,60H,4-8,10-11,13-17,19-20,22-26,28-33,35-59H2,1-3H3/b12-9-,21-18-,34-27-. The van der Waals surface area contributed by atoms with Crippen molar-refractivity contribution in [3.8, 4) is 0 Å². The topological polar surface area (TPSA) is 78.9 Å². The van der Waals surface area contributed by atoms with E-state index in [1.54, 1.807) is 0 Å². The van der Waals surface area contributed by atoms with E-state index in [9.17, 15) is 14.4 Å². The number of allylic oxidation sites excluding steroid dienone is 6. The lowest BCUT2D eigenvalue weighted by Crippen LogP contribution is -2.30. The van der Waals surface area contributed by atoms with Crippen LogP contribution < -0.4 is 0 Å². The van der Waals surface area contributed by atoms with E-state index in [4.69, 9.17) is 14.2 Å². The molecule has 0 spiro atoms. The lowest BCUT2D eigenvalue weighted by molar-refractivity contribution is -0.167. The number of hydrogen-bond acceptors (Lipinski definition) is 6. The highest BCUT2D eigenvalue weighted by atomic mass is 16.6. The summed E-state index contributed by atoms with van der Waals surface area (Å²) in [6.45, 7) is 6.57. The molecule has 0 aliphatic rings. The fourth-order valence-electron chi connectivity index (χ4n) is 9.11. The first-order chi connectivity index (χ1) is 34.0. The summed E-state index contributed by atoms with van der Waals surface area (Å²) in [6, 6.07) is 0. The van der Waals surface area contributed by atoms with Crippen molar-refractivity contribution in [2.45, 2.75) is 335 Å². The molecule has 6 nitrogen and oxygen atoms in total. The normalized spacial score (nSPS) is 12.2. The fraction of sp³-hybridized carbons (Fsp3) is 0.857. The monoisotopic (exact) mass is 969 g/mol. The van der Waals surface area contributed by atoms with Crippen molar-refractivity contribution in [3.05, 3.63) is 36.5 Å². The second-order valence-electron chi connectivity index (χ2n) is 20.6. The van der Waals surface area contributed by atoms with Crippen LogP contribution in [0.3, 0.4) is 0 Å². The van der Waals surface area contributed by atoms with Crippen LogP contribution in [0.15, 0.2) is 36.5 Å². The van der Waals surface area contributed by atoms with Crippen molar-refractivity contribution in [3.63, 3.8) is 0 Å². The molecular formula is C63H116O6. The molecule has 0 heterocycles. The number of ether oxygens (including phenoxy) is 3. The SMILES string of the molecule is CC/C=C\C/C=C\C/C=C\CCCCCCCC(=O)OCC(COC(=O)CCCCCCCCCCCCCCCCCCCCC)OC(=O)CCCCCCCCCCCCCCCCCCC. The maximum atomic E-state index is 12.9. The molecule has 0 aliphatic carbocycles. The van der Waals surface area contributed by atoms with Crippen molar-refractivity contribution < 1.29 is 28.6 Å². The molecule has 6 heteroatoms. The molecule has 0 saturated carbocycles. The van der Waals surface area contributed by atoms with Gasteiger partial charge in [0.05, 0.1) is 0 Å². The summed E-state index contributed by atoms with van der Waals surface area (Å²) >= 11 is 0. The molecule has 0 fully saturated rings. The van der Waals surface area contributed by atoms with Crippen LogP contribution in [-0.2, 0) is 28.6 Å². The maximum absolute atomic E-state index is 12.9. The van der Waals surface area contributed by atoms with Gasteiger partial charge in [-0.1, -0.05) is 295 Å². The van der Waals surface area contributed by atoms with Gasteiger partial charge >= 0.3 is 17.9 Å². The minimum atomic E-state index is -0.775. The zero-order valence-corrected chi connectivity index (χ0v) is 46.3. The van der Waals surface area contributed by atoms with Crippen molar-refractivity contribution >= 4 is 17.9 Å². The van der Waals surface area contributed by atoms with Crippen LogP contribution in [0.5, 0.6) is 0 Å². The van der Waals surface area contributed by atoms with Gasteiger partial charge in [0, 0.05) is 19.3 Å². The largest absolute Gasteiger partial charge is 0.462 e. The highest BCUT2D eigenvalue weighted by Crippen LogP contribution is 2.18. The molecule has 0 saturated heterocycles. The van der Waals surface area contributed by atoms with Gasteiger partial charge in [-0.15, -0.1) is 0 Å². The van der Waals surface area contributed by atoms with E-state index in [1.165, 1.54) is 193 Å². The quantitative estimate of drug-likeness (QED) is 0.0261. The first-order valence-electron chi connectivity index (χ1n) is 30.5. The number of esters is 3. The average Bonchev–Trinajstić information content (AvgIpc) is 3.35. The Bertz CT molecular complexity index is 1160. The van der Waals surface area contributed by atoms with Gasteiger partial charge in [-0.3, -0.25) is 14.4 Å². The third kappa shape index (κ3) is 56.4. The van der Waals surface area contributed by atoms with E-state index in [-0.39, 0.29) is 31.1 Å². The van der Waals surface area contributed by atoms with Crippen LogP contribution >= 0.6 is 0 Å². The average molecular weight is 970 g/mol. The smallest absolute Gasteiger partial charge is 0.306 e. The molecule has 0 aromatic rings. The lowest BCUT2D eigenvalue weighted by Gasteiger charge is -2.18. The van der Waals surface area contributed by atoms with Gasteiger partial charge in [0.15, 0.2) is 6.10 Å². The summed E-state index contributed by atoms with van der Waals surface area (Å²) in [5.74, 6) is -0.867. The van der Waals surface area contributed by atoms with Gasteiger partial charge < -0.3 is 14.2 Å². The maximum Gasteiger partial charge on any atom is 0.306 e. The molecule has 0 N–H and O–H groups in total. The summed E-state index contributed by atoms with van der Waals surface area (Å²) < 4.78 is 16.9. The summed E-state index contributed by atoms with van der Waals surface area (Å²) in [4.78, 5) is 38.2. The predicted octanol–water partition coefficient (Wildman–Crippen LogP) is 20.4. The Morgan fingerprint density at radius 2 is 0.565 bits per heavy atom. The molecule has 404 valence electrons. The number of rotatable bonds is 56. The Labute approximate surface area is 429 Å². The summed E-state index contributed by atoms with van der Waals surface area (Å²) in [7, 11) is 0. The summed E-state index contributed by atoms with van der Waals surface area (Å²) in [6.07, 6.45) is 70.0. The number of unbranched alkanes of at least 4 members (excludes halogenated alkanes) is 39. The number of hydrogen-bond donors (Lipinski definition) is 0. The Morgan fingerprint density at radius 1 is 0.304 bits per heavy atom. The Hall–Kier alpha value is -2.37. The minimum absolute atomic E-state index is 0.0724. The van der Waals surface area contributed by atoms with Gasteiger partial charge in [0.25, 0.3) is 0 Å². The molecule has 0 aromatic carbocycles. The Morgan fingerprint density at radius 3 is 0.884 bits per heavy atom. The number of carbonyl (C=O) groups excluding carboxylic acids is 3. The van der Waals surface area contributed by atoms with Gasteiger partial charge in [0.2, 0.25) is 0 Å². The third-order valence-corrected chi connectivity index (χ3v) is 13.7. The highest BCUT2D eigenvalue weighted by molar-refractivity contribution is 5.71. The molecule has 1 unspecified atom stereocenters. The van der Waals surface area contributed by atoms with Crippen LogP contribution in [0.4, 0.5) is 0 Å². The van der Waals surface area contributed by atoms with Crippen LogP contribution in [-0.4, -0.2) is 37.2 Å². The molecule has 0 rings (SSSR count). The fourth-order valence-corrected chi connectivity index (χ4v) is 9.11. The number of carbonyl (C=O) groups is 3. The van der Waals surface area contributed by atoms with E-state index in [0.717, 1.165) is 96.3 Å². The molecule has 1 atom stereocenters. The van der Waals surface area contributed by atoms with Gasteiger partial charge in [0.1, 0.15) is 13.2 Å². The van der Waals surface area contributed by atoms with E-state index < -0.39 is 6.10 Å². The van der Waals surface area contributed by atoms with E-state index in [2.05, 4.69) is 57.2 Å². The molecule has 0 aromatic heterocycles. The Kier molecular flexibility index (Phi) is 56.2. The second-order valence-corrected chi connectivity index (χ2v) is 20.6.